The largest absolute Gasteiger partial charge is 0.493 e. The van der Waals surface area contributed by atoms with E-state index in [4.69, 9.17) is 27.9 Å². The number of ether oxygens (including phenoxy) is 1. The molecule has 1 heterocycles. The molecule has 1 aliphatic heterocycles. The number of carbonyl (C=O) groups is 1. The Kier molecular flexibility index (Phi) is 8.28. The van der Waals surface area contributed by atoms with Gasteiger partial charge >= 0.3 is 0 Å². The zero-order chi connectivity index (χ0) is 15.2. The van der Waals surface area contributed by atoms with Crippen molar-refractivity contribution in [3.63, 3.8) is 0 Å². The van der Waals surface area contributed by atoms with Crippen molar-refractivity contribution in [1.29, 1.82) is 0 Å². The number of rotatable bonds is 6. The number of halogens is 3. The number of aliphatic hydroxyl groups excluding tert-OH is 1. The van der Waals surface area contributed by atoms with E-state index in [0.717, 1.165) is 6.54 Å². The van der Waals surface area contributed by atoms with E-state index >= 15 is 0 Å². The van der Waals surface area contributed by atoms with Crippen LogP contribution in [0.1, 0.15) is 6.42 Å². The number of benzene rings is 1. The van der Waals surface area contributed by atoms with Crippen LogP contribution in [0.4, 0.5) is 0 Å². The number of amides is 1. The molecule has 0 radical (unpaired) electrons. The molecule has 1 saturated heterocycles. The van der Waals surface area contributed by atoms with Gasteiger partial charge in [-0.2, -0.15) is 0 Å². The Bertz CT molecular complexity index is 502. The average Bonchev–Trinajstić information content (AvgIpc) is 2.86. The fourth-order valence-electron chi connectivity index (χ4n) is 2.09. The minimum absolute atomic E-state index is 0. The first-order valence-corrected chi connectivity index (χ1v) is 7.55. The lowest BCUT2D eigenvalue weighted by Gasteiger charge is -2.14. The maximum atomic E-state index is 11.7. The summed E-state index contributed by atoms with van der Waals surface area (Å²) in [6, 6.07) is 4.96. The zero-order valence-electron chi connectivity index (χ0n) is 11.9. The summed E-state index contributed by atoms with van der Waals surface area (Å²) in [6.07, 6.45) is -0.144. The fourth-order valence-corrected chi connectivity index (χ4v) is 2.38. The van der Waals surface area contributed by atoms with Crippen molar-refractivity contribution in [2.45, 2.75) is 12.5 Å². The molecule has 22 heavy (non-hydrogen) atoms. The summed E-state index contributed by atoms with van der Waals surface area (Å²) >= 11 is 11.7. The van der Waals surface area contributed by atoms with Crippen molar-refractivity contribution in [3.8, 4) is 5.75 Å². The number of carbonyl (C=O) groups excluding carboxylic acids is 1. The molecule has 1 fully saturated rings. The first-order chi connectivity index (χ1) is 10.1. The number of β-amino-alcohol motifs (C(OH)–C–C–N with tert-alkyl or cyclic N) is 1. The molecule has 0 bridgehead atoms. The Morgan fingerprint density at radius 3 is 2.77 bits per heavy atom. The second-order valence-electron chi connectivity index (χ2n) is 4.96. The molecule has 0 spiro atoms. The molecule has 1 aromatic carbocycles. The summed E-state index contributed by atoms with van der Waals surface area (Å²) in [7, 11) is 0. The summed E-state index contributed by atoms with van der Waals surface area (Å²) in [5.41, 5.74) is 0. The first kappa shape index (κ1) is 19.3. The zero-order valence-corrected chi connectivity index (χ0v) is 14.2. The maximum Gasteiger partial charge on any atom is 0.223 e. The highest BCUT2D eigenvalue weighted by Gasteiger charge is 2.24. The molecule has 1 amide bonds. The highest BCUT2D eigenvalue weighted by Crippen LogP contribution is 2.26. The molecule has 5 nitrogen and oxygen atoms in total. The third kappa shape index (κ3) is 5.82. The van der Waals surface area contributed by atoms with Gasteiger partial charge in [0, 0.05) is 31.6 Å². The predicted molar refractivity (Wildman–Crippen MR) is 89.2 cm³/mol. The van der Waals surface area contributed by atoms with E-state index in [1.807, 2.05) is 0 Å². The van der Waals surface area contributed by atoms with E-state index < -0.39 is 6.10 Å². The third-order valence-electron chi connectivity index (χ3n) is 3.35. The van der Waals surface area contributed by atoms with Crippen molar-refractivity contribution in [1.82, 2.24) is 10.6 Å². The van der Waals surface area contributed by atoms with E-state index in [1.165, 1.54) is 0 Å². The third-order valence-corrected chi connectivity index (χ3v) is 4.09. The van der Waals surface area contributed by atoms with Gasteiger partial charge in [-0.05, 0) is 12.1 Å². The summed E-state index contributed by atoms with van der Waals surface area (Å²) in [6.45, 7) is 2.04. The standard InChI is InChI=1S/C14H18Cl2N2O3.ClH/c15-11-2-1-10(5-12(11)16)21-4-3-14(20)18-7-9-6-17-8-13(9)19;/h1-2,5,9,13,17,19H,3-4,6-8H2,(H,18,20);1H. The Balaban J connectivity index is 0.00000242. The van der Waals surface area contributed by atoms with Gasteiger partial charge < -0.3 is 20.5 Å². The molecule has 124 valence electrons. The van der Waals surface area contributed by atoms with Crippen LogP contribution in [-0.2, 0) is 4.79 Å². The second kappa shape index (κ2) is 9.43. The smallest absolute Gasteiger partial charge is 0.223 e. The van der Waals surface area contributed by atoms with Gasteiger partial charge in [-0.25, -0.2) is 0 Å². The van der Waals surface area contributed by atoms with Crippen LogP contribution < -0.4 is 15.4 Å². The van der Waals surface area contributed by atoms with Crippen molar-refractivity contribution < 1.29 is 14.6 Å². The van der Waals surface area contributed by atoms with Crippen LogP contribution >= 0.6 is 35.6 Å². The van der Waals surface area contributed by atoms with Crippen LogP contribution in [0.5, 0.6) is 5.75 Å². The molecular formula is C14H19Cl3N2O3. The highest BCUT2D eigenvalue weighted by molar-refractivity contribution is 6.42. The normalized spacial score (nSPS) is 20.3. The summed E-state index contributed by atoms with van der Waals surface area (Å²) in [5, 5.41) is 16.4. The van der Waals surface area contributed by atoms with Gasteiger partial charge in [0.05, 0.1) is 29.2 Å². The maximum absolute atomic E-state index is 11.7. The van der Waals surface area contributed by atoms with Crippen molar-refractivity contribution in [3.05, 3.63) is 28.2 Å². The summed E-state index contributed by atoms with van der Waals surface area (Å²) in [5.74, 6) is 0.548. The summed E-state index contributed by atoms with van der Waals surface area (Å²) in [4.78, 5) is 11.7. The van der Waals surface area contributed by atoms with Gasteiger partial charge in [0.15, 0.2) is 0 Å². The van der Waals surface area contributed by atoms with Crippen LogP contribution in [0.15, 0.2) is 18.2 Å². The molecule has 2 unspecified atom stereocenters. The van der Waals surface area contributed by atoms with Gasteiger partial charge in [0.1, 0.15) is 5.75 Å². The van der Waals surface area contributed by atoms with Gasteiger partial charge in [-0.1, -0.05) is 23.2 Å². The van der Waals surface area contributed by atoms with Crippen LogP contribution in [-0.4, -0.2) is 43.4 Å². The second-order valence-corrected chi connectivity index (χ2v) is 5.78. The SMILES string of the molecule is Cl.O=C(CCOc1ccc(Cl)c(Cl)c1)NCC1CNCC1O. The fraction of sp³-hybridized carbons (Fsp3) is 0.500. The quantitative estimate of drug-likeness (QED) is 0.716. The lowest BCUT2D eigenvalue weighted by molar-refractivity contribution is -0.121. The molecule has 3 N–H and O–H groups in total. The van der Waals surface area contributed by atoms with E-state index in [9.17, 15) is 9.90 Å². The average molecular weight is 370 g/mol. The Morgan fingerprint density at radius 1 is 1.36 bits per heavy atom. The molecule has 8 heteroatoms. The van der Waals surface area contributed by atoms with Crippen molar-refractivity contribution in [2.75, 3.05) is 26.2 Å². The monoisotopic (exact) mass is 368 g/mol. The number of hydrogen-bond donors (Lipinski definition) is 3. The number of aliphatic hydroxyl groups is 1. The van der Waals surface area contributed by atoms with E-state index in [2.05, 4.69) is 10.6 Å². The molecule has 2 rings (SSSR count). The molecule has 0 saturated carbocycles. The number of hydrogen-bond acceptors (Lipinski definition) is 4. The molecule has 2 atom stereocenters. The van der Waals surface area contributed by atoms with Crippen LogP contribution in [0, 0.1) is 5.92 Å². The first-order valence-electron chi connectivity index (χ1n) is 6.79. The van der Waals surface area contributed by atoms with Crippen LogP contribution in [0.3, 0.4) is 0 Å². The van der Waals surface area contributed by atoms with Crippen molar-refractivity contribution >= 4 is 41.5 Å². The predicted octanol–water partition coefficient (Wildman–Crippen LogP) is 1.88. The molecular weight excluding hydrogens is 351 g/mol. The number of nitrogens with one attached hydrogen (secondary N) is 2. The van der Waals surface area contributed by atoms with Crippen molar-refractivity contribution in [2.24, 2.45) is 5.92 Å². The Morgan fingerprint density at radius 2 is 2.14 bits per heavy atom. The molecule has 1 aliphatic rings. The van der Waals surface area contributed by atoms with E-state index in [0.29, 0.717) is 28.9 Å². The lowest BCUT2D eigenvalue weighted by atomic mass is 10.1. The Hall–Kier alpha value is -0.720. The van der Waals surface area contributed by atoms with E-state index in [1.54, 1.807) is 18.2 Å². The topological polar surface area (TPSA) is 70.6 Å². The van der Waals surface area contributed by atoms with Crippen LogP contribution in [0.25, 0.3) is 0 Å². The van der Waals surface area contributed by atoms with Crippen LogP contribution in [0.2, 0.25) is 10.0 Å². The van der Waals surface area contributed by atoms with Gasteiger partial charge in [-0.15, -0.1) is 12.4 Å². The minimum atomic E-state index is -0.391. The molecule has 0 aromatic heterocycles. The Labute approximate surface area is 145 Å². The highest BCUT2D eigenvalue weighted by atomic mass is 35.5. The minimum Gasteiger partial charge on any atom is -0.493 e. The van der Waals surface area contributed by atoms with E-state index in [-0.39, 0.29) is 37.3 Å². The van der Waals surface area contributed by atoms with Gasteiger partial charge in [-0.3, -0.25) is 4.79 Å². The van der Waals surface area contributed by atoms with Gasteiger partial charge in [0.25, 0.3) is 0 Å². The lowest BCUT2D eigenvalue weighted by Crippen LogP contribution is -2.34. The van der Waals surface area contributed by atoms with Gasteiger partial charge in [0.2, 0.25) is 5.91 Å². The summed E-state index contributed by atoms with van der Waals surface area (Å²) < 4.78 is 5.44. The molecule has 0 aliphatic carbocycles. The molecule has 1 aromatic rings.